The van der Waals surface area contributed by atoms with E-state index in [-0.39, 0.29) is 9.76 Å². The van der Waals surface area contributed by atoms with Crippen molar-refractivity contribution in [2.45, 2.75) is 32.2 Å². The Morgan fingerprint density at radius 1 is 1.40 bits per heavy atom. The van der Waals surface area contributed by atoms with Crippen molar-refractivity contribution in [1.29, 1.82) is 0 Å². The van der Waals surface area contributed by atoms with Crippen molar-refractivity contribution in [3.05, 3.63) is 0 Å². The average molecular weight is 272 g/mol. The lowest BCUT2D eigenvalue weighted by Gasteiger charge is -2.00. The highest BCUT2D eigenvalue weighted by Gasteiger charge is 1.88. The monoisotopic (exact) mass is 272 g/mol. The van der Waals surface area contributed by atoms with Gasteiger partial charge in [0, 0.05) is 6.61 Å². The van der Waals surface area contributed by atoms with Crippen LogP contribution in [0.25, 0.3) is 0 Å². The van der Waals surface area contributed by atoms with Crippen molar-refractivity contribution in [2.75, 3.05) is 11.0 Å². The Morgan fingerprint density at radius 3 is 2.80 bits per heavy atom. The van der Waals surface area contributed by atoms with E-state index >= 15 is 0 Å². The summed E-state index contributed by atoms with van der Waals surface area (Å²) in [6.45, 7) is 3.22. The zero-order valence-electron chi connectivity index (χ0n) is 6.74. The van der Waals surface area contributed by atoms with Crippen LogP contribution < -0.4 is 0 Å². The lowest BCUT2D eigenvalue weighted by atomic mass is 10.4. The third-order valence-electron chi connectivity index (χ3n) is 1.31. The van der Waals surface area contributed by atoms with Crippen LogP contribution >= 0.6 is 22.6 Å². The molecule has 0 aromatic heterocycles. The predicted octanol–water partition coefficient (Wildman–Crippen LogP) is 2.13. The fourth-order valence-corrected chi connectivity index (χ4v) is 3.27. The highest BCUT2D eigenvalue weighted by atomic mass is 127. The van der Waals surface area contributed by atoms with E-state index in [4.69, 9.17) is 4.43 Å². The Labute approximate surface area is 80.0 Å². The minimum Gasteiger partial charge on any atom is -0.424 e. The largest absolute Gasteiger partial charge is 0.424 e. The summed E-state index contributed by atoms with van der Waals surface area (Å²) in [6, 6.07) is 1.37. The van der Waals surface area contributed by atoms with Crippen LogP contribution in [0, 0.1) is 0 Å². The van der Waals surface area contributed by atoms with Gasteiger partial charge in [-0.15, -0.1) is 0 Å². The summed E-state index contributed by atoms with van der Waals surface area (Å²) in [7, 11) is -0.125. The van der Waals surface area contributed by atoms with Crippen LogP contribution in [-0.2, 0) is 4.43 Å². The van der Waals surface area contributed by atoms with E-state index in [0.29, 0.717) is 0 Å². The number of hydrogen-bond acceptors (Lipinski definition) is 1. The zero-order valence-corrected chi connectivity index (χ0v) is 10.3. The highest BCUT2D eigenvalue weighted by molar-refractivity contribution is 14.1. The molecule has 0 aliphatic rings. The summed E-state index contributed by atoms with van der Waals surface area (Å²) in [6.07, 6.45) is 3.87. The van der Waals surface area contributed by atoms with Gasteiger partial charge in [-0.05, 0) is 23.3 Å². The van der Waals surface area contributed by atoms with Crippen LogP contribution in [0.2, 0.25) is 6.04 Å². The van der Waals surface area contributed by atoms with Crippen molar-refractivity contribution in [1.82, 2.24) is 0 Å². The molecule has 0 fully saturated rings. The smallest absolute Gasteiger partial charge is 0.161 e. The van der Waals surface area contributed by atoms with E-state index in [0.717, 1.165) is 6.61 Å². The standard InChI is InChI=1S/C7H17IOSi/c1-2-3-6-9-10-7-4-5-8/h2-7,10H2,1H3. The van der Waals surface area contributed by atoms with Gasteiger partial charge in [-0.2, -0.15) is 0 Å². The summed E-state index contributed by atoms with van der Waals surface area (Å²) >= 11 is 2.42. The molecule has 0 saturated heterocycles. The molecule has 3 heteroatoms. The molecule has 0 aromatic rings. The molecule has 0 atom stereocenters. The van der Waals surface area contributed by atoms with E-state index in [1.165, 1.54) is 29.7 Å². The number of rotatable bonds is 7. The summed E-state index contributed by atoms with van der Waals surface area (Å²) in [4.78, 5) is 0. The van der Waals surface area contributed by atoms with Crippen LogP contribution in [0.15, 0.2) is 0 Å². The van der Waals surface area contributed by atoms with E-state index < -0.39 is 0 Å². The first-order chi connectivity index (χ1) is 4.91. The van der Waals surface area contributed by atoms with Gasteiger partial charge in [0.1, 0.15) is 0 Å². The Morgan fingerprint density at radius 2 is 2.20 bits per heavy atom. The second-order valence-electron chi connectivity index (χ2n) is 2.36. The molecule has 0 rings (SSSR count). The molecule has 0 aliphatic carbocycles. The molecule has 0 unspecified atom stereocenters. The Kier molecular flexibility index (Phi) is 10.8. The summed E-state index contributed by atoms with van der Waals surface area (Å²) in [5.41, 5.74) is 0. The second-order valence-corrected chi connectivity index (χ2v) is 4.96. The molecule has 0 bridgehead atoms. The van der Waals surface area contributed by atoms with E-state index in [1.54, 1.807) is 0 Å². The lowest BCUT2D eigenvalue weighted by molar-refractivity contribution is 0.325. The Balaban J connectivity index is 2.65. The zero-order chi connectivity index (χ0) is 7.66. The van der Waals surface area contributed by atoms with Gasteiger partial charge in [-0.3, -0.25) is 0 Å². The van der Waals surface area contributed by atoms with Crippen molar-refractivity contribution >= 4 is 32.4 Å². The molecule has 0 heterocycles. The quantitative estimate of drug-likeness (QED) is 0.298. The third-order valence-corrected chi connectivity index (χ3v) is 3.44. The molecule has 0 amide bonds. The summed E-state index contributed by atoms with van der Waals surface area (Å²) in [5.74, 6) is 0. The molecule has 10 heavy (non-hydrogen) atoms. The van der Waals surface area contributed by atoms with Gasteiger partial charge in [0.15, 0.2) is 9.76 Å². The molecule has 0 N–H and O–H groups in total. The SMILES string of the molecule is CCCCO[SiH2]CCCI. The normalized spacial score (nSPS) is 11.4. The van der Waals surface area contributed by atoms with Crippen LogP contribution in [0.4, 0.5) is 0 Å². The minimum atomic E-state index is -0.125. The van der Waals surface area contributed by atoms with Crippen molar-refractivity contribution < 1.29 is 4.43 Å². The van der Waals surface area contributed by atoms with Gasteiger partial charge >= 0.3 is 0 Å². The van der Waals surface area contributed by atoms with Crippen LogP contribution in [0.3, 0.4) is 0 Å². The molecule has 0 aromatic carbocycles. The predicted molar refractivity (Wildman–Crippen MR) is 57.7 cm³/mol. The van der Waals surface area contributed by atoms with Crippen LogP contribution in [0.1, 0.15) is 26.2 Å². The lowest BCUT2D eigenvalue weighted by Crippen LogP contribution is -1.99. The van der Waals surface area contributed by atoms with Gasteiger partial charge in [0.25, 0.3) is 0 Å². The van der Waals surface area contributed by atoms with Crippen molar-refractivity contribution in [3.63, 3.8) is 0 Å². The molecular weight excluding hydrogens is 255 g/mol. The number of unbranched alkanes of at least 4 members (excludes halogenated alkanes) is 1. The molecule has 1 nitrogen and oxygen atoms in total. The Bertz CT molecular complexity index is 53.6. The number of alkyl halides is 1. The topological polar surface area (TPSA) is 9.23 Å². The molecule has 0 aliphatic heterocycles. The maximum atomic E-state index is 5.51. The molecule has 0 radical (unpaired) electrons. The fraction of sp³-hybridized carbons (Fsp3) is 1.00. The third kappa shape index (κ3) is 8.91. The Hall–Kier alpha value is 0.907. The van der Waals surface area contributed by atoms with E-state index in [2.05, 4.69) is 29.5 Å². The van der Waals surface area contributed by atoms with Gasteiger partial charge in [-0.1, -0.05) is 35.9 Å². The van der Waals surface area contributed by atoms with Crippen LogP contribution in [0.5, 0.6) is 0 Å². The van der Waals surface area contributed by atoms with E-state index in [1.807, 2.05) is 0 Å². The number of hydrogen-bond donors (Lipinski definition) is 0. The molecule has 0 spiro atoms. The van der Waals surface area contributed by atoms with Crippen LogP contribution in [-0.4, -0.2) is 20.8 Å². The molecule has 62 valence electrons. The first-order valence-corrected chi connectivity index (χ1v) is 7.15. The number of halogens is 1. The maximum Gasteiger partial charge on any atom is 0.161 e. The summed E-state index contributed by atoms with van der Waals surface area (Å²) < 4.78 is 6.81. The first kappa shape index (κ1) is 10.9. The van der Waals surface area contributed by atoms with Crippen molar-refractivity contribution in [2.24, 2.45) is 0 Å². The molecule has 0 saturated carbocycles. The maximum absolute atomic E-state index is 5.51. The van der Waals surface area contributed by atoms with Gasteiger partial charge in [0.2, 0.25) is 0 Å². The van der Waals surface area contributed by atoms with Gasteiger partial charge < -0.3 is 4.43 Å². The highest BCUT2D eigenvalue weighted by Crippen LogP contribution is 1.95. The second kappa shape index (κ2) is 9.91. The van der Waals surface area contributed by atoms with Crippen molar-refractivity contribution in [3.8, 4) is 0 Å². The minimum absolute atomic E-state index is 0.125. The molecular formula is C7H17IOSi. The fourth-order valence-electron chi connectivity index (χ4n) is 0.647. The van der Waals surface area contributed by atoms with E-state index in [9.17, 15) is 0 Å². The van der Waals surface area contributed by atoms with Gasteiger partial charge in [0.05, 0.1) is 0 Å². The first-order valence-electron chi connectivity index (χ1n) is 4.05. The summed E-state index contributed by atoms with van der Waals surface area (Å²) in [5, 5.41) is 0. The average Bonchev–Trinajstić information content (AvgIpc) is 1.97. The van der Waals surface area contributed by atoms with Gasteiger partial charge in [-0.25, -0.2) is 0 Å².